The van der Waals surface area contributed by atoms with E-state index in [9.17, 15) is 14.4 Å². The molecule has 3 amide bonds. The van der Waals surface area contributed by atoms with Crippen molar-refractivity contribution in [1.29, 1.82) is 0 Å². The van der Waals surface area contributed by atoms with Crippen molar-refractivity contribution in [3.8, 4) is 0 Å². The summed E-state index contributed by atoms with van der Waals surface area (Å²) in [7, 11) is 6.74. The Hall–Kier alpha value is -3.97. The largest absolute Gasteiger partial charge is 0.357 e. The minimum absolute atomic E-state index is 0.159. The number of benzene rings is 3. The summed E-state index contributed by atoms with van der Waals surface area (Å²) in [4.78, 5) is 43.3. The lowest BCUT2D eigenvalue weighted by molar-refractivity contribution is -0.146. The molecular weight excluding hydrogens is 500 g/mol. The molecule has 7 nitrogen and oxygen atoms in total. The van der Waals surface area contributed by atoms with Gasteiger partial charge in [0, 0.05) is 39.5 Å². The van der Waals surface area contributed by atoms with E-state index in [1.54, 1.807) is 21.1 Å². The first kappa shape index (κ1) is 30.6. The first-order chi connectivity index (χ1) is 19.1. The van der Waals surface area contributed by atoms with E-state index < -0.39 is 12.1 Å². The van der Waals surface area contributed by atoms with Gasteiger partial charge in [0.05, 0.1) is 0 Å². The van der Waals surface area contributed by atoms with Crippen molar-refractivity contribution in [2.45, 2.75) is 50.7 Å². The van der Waals surface area contributed by atoms with Crippen LogP contribution in [0.15, 0.2) is 84.9 Å². The monoisotopic (exact) mass is 542 g/mol. The molecule has 0 fully saturated rings. The lowest BCUT2D eigenvalue weighted by Gasteiger charge is -2.34. The van der Waals surface area contributed by atoms with E-state index in [2.05, 4.69) is 30.5 Å². The number of nitrogens with one attached hydrogen (secondary N) is 2. The molecule has 2 atom stereocenters. The molecule has 0 saturated carbocycles. The Morgan fingerprint density at radius 1 is 0.800 bits per heavy atom. The number of likely N-dealkylation sites (N-methyl/N-ethyl adjacent to an activating group) is 3. The Bertz CT molecular complexity index is 1340. The molecule has 0 saturated heterocycles. The summed E-state index contributed by atoms with van der Waals surface area (Å²) >= 11 is 0. The second-order valence-corrected chi connectivity index (χ2v) is 10.9. The highest BCUT2D eigenvalue weighted by molar-refractivity contribution is 5.95. The van der Waals surface area contributed by atoms with Gasteiger partial charge >= 0.3 is 0 Å². The quantitative estimate of drug-likeness (QED) is 0.340. The fourth-order valence-corrected chi connectivity index (χ4v) is 4.60. The molecule has 3 aromatic rings. The maximum Gasteiger partial charge on any atom is 0.246 e. The van der Waals surface area contributed by atoms with Crippen molar-refractivity contribution < 1.29 is 14.4 Å². The van der Waals surface area contributed by atoms with Crippen LogP contribution in [0.5, 0.6) is 0 Å². The molecule has 0 unspecified atom stereocenters. The first-order valence-corrected chi connectivity index (χ1v) is 13.7. The SMILES string of the molecule is CNC(=O)[C@@H](Cc1ccccc1)N(C)C(=O)[C@@H](Cc1ccc2ccccc2c1)N(C)C(=O)/C=C/CC(C)(C)NC. The molecule has 0 spiro atoms. The van der Waals surface area contributed by atoms with E-state index in [0.29, 0.717) is 19.3 Å². The highest BCUT2D eigenvalue weighted by atomic mass is 16.2. The number of amides is 3. The Kier molecular flexibility index (Phi) is 10.6. The van der Waals surface area contributed by atoms with E-state index in [-0.39, 0.29) is 23.3 Å². The zero-order chi connectivity index (χ0) is 29.3. The molecule has 0 aromatic heterocycles. The van der Waals surface area contributed by atoms with Crippen LogP contribution in [-0.2, 0) is 27.2 Å². The van der Waals surface area contributed by atoms with Crippen molar-refractivity contribution in [2.24, 2.45) is 0 Å². The number of carbonyl (C=O) groups is 3. The molecule has 0 heterocycles. The molecular formula is C33H42N4O3. The lowest BCUT2D eigenvalue weighted by Crippen LogP contribution is -2.55. The van der Waals surface area contributed by atoms with Crippen LogP contribution in [0.25, 0.3) is 10.8 Å². The zero-order valence-corrected chi connectivity index (χ0v) is 24.5. The molecule has 0 aliphatic rings. The average Bonchev–Trinajstić information content (AvgIpc) is 2.97. The fourth-order valence-electron chi connectivity index (χ4n) is 4.60. The Morgan fingerprint density at radius 3 is 2.08 bits per heavy atom. The molecule has 3 rings (SSSR count). The minimum atomic E-state index is -0.802. The second-order valence-electron chi connectivity index (χ2n) is 10.9. The standard InChI is InChI=1S/C33H42N4O3/c1-33(2,35-4)20-12-17-30(38)36(5)29(23-25-18-19-26-15-10-11-16-27(26)21-25)32(40)37(6)28(31(39)34-3)22-24-13-8-7-9-14-24/h7-19,21,28-29,35H,20,22-23H2,1-6H3,(H,34,39)/b17-12+/t28-,29-/m1/s1. The van der Waals surface area contributed by atoms with E-state index in [1.807, 2.05) is 79.9 Å². The predicted molar refractivity (Wildman–Crippen MR) is 162 cm³/mol. The maximum absolute atomic E-state index is 14.1. The summed E-state index contributed by atoms with van der Waals surface area (Å²) in [5.41, 5.74) is 1.72. The molecule has 0 aliphatic heterocycles. The fraction of sp³-hybridized carbons (Fsp3) is 0.364. The highest BCUT2D eigenvalue weighted by Crippen LogP contribution is 2.20. The van der Waals surface area contributed by atoms with Crippen LogP contribution in [0, 0.1) is 0 Å². The van der Waals surface area contributed by atoms with Crippen LogP contribution in [0.3, 0.4) is 0 Å². The van der Waals surface area contributed by atoms with Gasteiger partial charge in [0.2, 0.25) is 17.7 Å². The van der Waals surface area contributed by atoms with Crippen molar-refractivity contribution in [2.75, 3.05) is 28.2 Å². The topological polar surface area (TPSA) is 81.8 Å². The molecule has 0 aliphatic carbocycles. The third kappa shape index (κ3) is 8.02. The minimum Gasteiger partial charge on any atom is -0.357 e. The number of carbonyl (C=O) groups excluding carboxylic acids is 3. The van der Waals surface area contributed by atoms with Crippen LogP contribution in [0.4, 0.5) is 0 Å². The van der Waals surface area contributed by atoms with Crippen LogP contribution in [0.2, 0.25) is 0 Å². The van der Waals surface area contributed by atoms with Gasteiger partial charge in [0.1, 0.15) is 12.1 Å². The highest BCUT2D eigenvalue weighted by Gasteiger charge is 2.34. The molecule has 0 radical (unpaired) electrons. The summed E-state index contributed by atoms with van der Waals surface area (Å²) in [5.74, 6) is -0.816. The molecule has 212 valence electrons. The van der Waals surface area contributed by atoms with Gasteiger partial charge in [-0.25, -0.2) is 0 Å². The smallest absolute Gasteiger partial charge is 0.246 e. The van der Waals surface area contributed by atoms with Gasteiger partial charge < -0.3 is 20.4 Å². The first-order valence-electron chi connectivity index (χ1n) is 13.7. The number of hydrogen-bond acceptors (Lipinski definition) is 4. The van der Waals surface area contributed by atoms with Crippen LogP contribution >= 0.6 is 0 Å². The lowest BCUT2D eigenvalue weighted by atomic mass is 9.98. The molecule has 7 heteroatoms. The van der Waals surface area contributed by atoms with Crippen molar-refractivity contribution >= 4 is 28.5 Å². The summed E-state index contributed by atoms with van der Waals surface area (Å²) < 4.78 is 0. The van der Waals surface area contributed by atoms with Gasteiger partial charge in [-0.2, -0.15) is 0 Å². The molecule has 40 heavy (non-hydrogen) atoms. The van der Waals surface area contributed by atoms with Gasteiger partial charge in [0.25, 0.3) is 0 Å². The molecule has 2 N–H and O–H groups in total. The second kappa shape index (κ2) is 13.9. The third-order valence-electron chi connectivity index (χ3n) is 7.54. The Labute approximate surface area is 238 Å². The van der Waals surface area contributed by atoms with Gasteiger partial charge in [0.15, 0.2) is 0 Å². The average molecular weight is 543 g/mol. The van der Waals surface area contributed by atoms with E-state index in [1.165, 1.54) is 15.9 Å². The van der Waals surface area contributed by atoms with Crippen molar-refractivity contribution in [3.05, 3.63) is 96.1 Å². The Morgan fingerprint density at radius 2 is 1.43 bits per heavy atom. The molecule has 0 bridgehead atoms. The van der Waals surface area contributed by atoms with Gasteiger partial charge in [-0.05, 0) is 55.3 Å². The van der Waals surface area contributed by atoms with Crippen LogP contribution < -0.4 is 10.6 Å². The summed E-state index contributed by atoms with van der Waals surface area (Å²) in [5, 5.41) is 8.09. The number of hydrogen-bond donors (Lipinski definition) is 2. The summed E-state index contributed by atoms with van der Waals surface area (Å²) in [6, 6.07) is 22.2. The number of fused-ring (bicyclic) bond motifs is 1. The van der Waals surface area contributed by atoms with E-state index in [4.69, 9.17) is 0 Å². The van der Waals surface area contributed by atoms with Crippen molar-refractivity contribution in [3.63, 3.8) is 0 Å². The van der Waals surface area contributed by atoms with Crippen LogP contribution in [-0.4, -0.2) is 73.3 Å². The summed E-state index contributed by atoms with van der Waals surface area (Å²) in [6.07, 6.45) is 4.70. The maximum atomic E-state index is 14.1. The van der Waals surface area contributed by atoms with E-state index >= 15 is 0 Å². The van der Waals surface area contributed by atoms with Crippen LogP contribution in [0.1, 0.15) is 31.4 Å². The molecule has 3 aromatic carbocycles. The van der Waals surface area contributed by atoms with E-state index in [0.717, 1.165) is 21.9 Å². The van der Waals surface area contributed by atoms with Gasteiger partial charge in [-0.15, -0.1) is 0 Å². The van der Waals surface area contributed by atoms with Crippen molar-refractivity contribution in [1.82, 2.24) is 20.4 Å². The number of nitrogens with zero attached hydrogens (tertiary/aromatic N) is 2. The van der Waals surface area contributed by atoms with Gasteiger partial charge in [-0.3, -0.25) is 14.4 Å². The normalized spacial score (nSPS) is 13.2. The third-order valence-corrected chi connectivity index (χ3v) is 7.54. The zero-order valence-electron chi connectivity index (χ0n) is 24.5. The predicted octanol–water partition coefficient (Wildman–Crippen LogP) is 3.97. The number of rotatable bonds is 12. The van der Waals surface area contributed by atoms with Gasteiger partial charge in [-0.1, -0.05) is 78.9 Å². The summed E-state index contributed by atoms with van der Waals surface area (Å²) in [6.45, 7) is 4.11. The Balaban J connectivity index is 1.92.